The van der Waals surface area contributed by atoms with E-state index in [0.29, 0.717) is 0 Å². The summed E-state index contributed by atoms with van der Waals surface area (Å²) in [6.07, 6.45) is 0. The lowest BCUT2D eigenvalue weighted by atomic mass is 10.1. The molecule has 1 aliphatic rings. The summed E-state index contributed by atoms with van der Waals surface area (Å²) < 4.78 is 4.97. The van der Waals surface area contributed by atoms with E-state index >= 15 is 0 Å². The molecular formula is C20H23N3O4. The molecule has 1 aliphatic heterocycles. The van der Waals surface area contributed by atoms with Gasteiger partial charge in [0.05, 0.1) is 11.5 Å². The Morgan fingerprint density at radius 1 is 1.11 bits per heavy atom. The summed E-state index contributed by atoms with van der Waals surface area (Å²) in [7, 11) is 0. The van der Waals surface area contributed by atoms with Crippen molar-refractivity contribution in [1.82, 2.24) is 4.90 Å². The summed E-state index contributed by atoms with van der Waals surface area (Å²) in [5.41, 5.74) is 1.87. The highest BCUT2D eigenvalue weighted by molar-refractivity contribution is 5.95. The van der Waals surface area contributed by atoms with E-state index in [2.05, 4.69) is 21.9 Å². The third-order valence-electron chi connectivity index (χ3n) is 4.66. The molecule has 3 rings (SSSR count). The van der Waals surface area contributed by atoms with Gasteiger partial charge in [0, 0.05) is 44.5 Å². The van der Waals surface area contributed by atoms with E-state index in [0.717, 1.165) is 38.4 Å². The minimum atomic E-state index is -0.659. The Balaban J connectivity index is 1.69. The molecule has 142 valence electrons. The standard InChI is InChI=1S/C20H23N3O4/c1-2-27-20(24)18-14-17(8-9-19(18)23(25)26)22-12-10-21(11-13-22)15-16-6-4-3-5-7-16/h3-9,14H,2,10-13,15H2,1H3. The van der Waals surface area contributed by atoms with Crippen LogP contribution in [0.3, 0.4) is 0 Å². The Morgan fingerprint density at radius 3 is 2.44 bits per heavy atom. The van der Waals surface area contributed by atoms with Crippen LogP contribution in [-0.2, 0) is 11.3 Å². The van der Waals surface area contributed by atoms with E-state index in [9.17, 15) is 14.9 Å². The van der Waals surface area contributed by atoms with E-state index in [1.807, 2.05) is 18.2 Å². The molecular weight excluding hydrogens is 346 g/mol. The third-order valence-corrected chi connectivity index (χ3v) is 4.66. The number of nitro benzene ring substituents is 1. The van der Waals surface area contributed by atoms with Gasteiger partial charge in [0.15, 0.2) is 0 Å². The van der Waals surface area contributed by atoms with Crippen molar-refractivity contribution in [1.29, 1.82) is 0 Å². The van der Waals surface area contributed by atoms with Crippen LogP contribution in [0.4, 0.5) is 11.4 Å². The zero-order chi connectivity index (χ0) is 19.2. The lowest BCUT2D eigenvalue weighted by molar-refractivity contribution is -0.385. The number of hydrogen-bond acceptors (Lipinski definition) is 6. The van der Waals surface area contributed by atoms with Gasteiger partial charge >= 0.3 is 5.97 Å². The Labute approximate surface area is 158 Å². The average Bonchev–Trinajstić information content (AvgIpc) is 2.69. The Bertz CT molecular complexity index is 802. The van der Waals surface area contributed by atoms with E-state index < -0.39 is 10.9 Å². The second kappa shape index (κ2) is 8.64. The van der Waals surface area contributed by atoms with Crippen LogP contribution in [0, 0.1) is 10.1 Å². The van der Waals surface area contributed by atoms with Gasteiger partial charge in [0.25, 0.3) is 5.69 Å². The molecule has 7 heteroatoms. The first-order valence-corrected chi connectivity index (χ1v) is 9.05. The molecule has 0 unspecified atom stereocenters. The second-order valence-electron chi connectivity index (χ2n) is 6.43. The fourth-order valence-corrected chi connectivity index (χ4v) is 3.26. The molecule has 0 spiro atoms. The number of rotatable bonds is 6. The molecule has 7 nitrogen and oxygen atoms in total. The molecule has 27 heavy (non-hydrogen) atoms. The second-order valence-corrected chi connectivity index (χ2v) is 6.43. The van der Waals surface area contributed by atoms with Crippen LogP contribution in [0.15, 0.2) is 48.5 Å². The van der Waals surface area contributed by atoms with Crippen LogP contribution in [0.2, 0.25) is 0 Å². The van der Waals surface area contributed by atoms with Gasteiger partial charge in [-0.15, -0.1) is 0 Å². The fraction of sp³-hybridized carbons (Fsp3) is 0.350. The molecule has 0 aromatic heterocycles. The molecule has 0 bridgehead atoms. The van der Waals surface area contributed by atoms with Gasteiger partial charge in [-0.25, -0.2) is 4.79 Å². The average molecular weight is 369 g/mol. The number of carbonyl (C=O) groups is 1. The quantitative estimate of drug-likeness (QED) is 0.442. The summed E-state index contributed by atoms with van der Waals surface area (Å²) in [6, 6.07) is 15.0. The van der Waals surface area contributed by atoms with Crippen molar-refractivity contribution in [2.24, 2.45) is 0 Å². The minimum Gasteiger partial charge on any atom is -0.462 e. The Kier molecular flexibility index (Phi) is 6.03. The third kappa shape index (κ3) is 4.62. The van der Waals surface area contributed by atoms with Crippen molar-refractivity contribution < 1.29 is 14.5 Å². The van der Waals surface area contributed by atoms with Gasteiger partial charge in [-0.1, -0.05) is 30.3 Å². The minimum absolute atomic E-state index is 0.00562. The highest BCUT2D eigenvalue weighted by Crippen LogP contribution is 2.27. The number of piperazine rings is 1. The van der Waals surface area contributed by atoms with Gasteiger partial charge < -0.3 is 9.64 Å². The normalized spacial score (nSPS) is 14.8. The summed E-state index contributed by atoms with van der Waals surface area (Å²) in [4.78, 5) is 27.3. The molecule has 1 fully saturated rings. The zero-order valence-electron chi connectivity index (χ0n) is 15.3. The number of esters is 1. The van der Waals surface area contributed by atoms with E-state index in [1.54, 1.807) is 19.1 Å². The number of carbonyl (C=O) groups excluding carboxylic acids is 1. The predicted molar refractivity (Wildman–Crippen MR) is 103 cm³/mol. The van der Waals surface area contributed by atoms with Gasteiger partial charge in [0.2, 0.25) is 0 Å². The van der Waals surface area contributed by atoms with Crippen LogP contribution in [0.1, 0.15) is 22.8 Å². The molecule has 0 aliphatic carbocycles. The number of nitrogens with zero attached hydrogens (tertiary/aromatic N) is 3. The molecule has 0 N–H and O–H groups in total. The molecule has 0 amide bonds. The van der Waals surface area contributed by atoms with Crippen LogP contribution in [-0.4, -0.2) is 48.6 Å². The van der Waals surface area contributed by atoms with E-state index in [4.69, 9.17) is 4.74 Å². The number of nitro groups is 1. The van der Waals surface area contributed by atoms with E-state index in [-0.39, 0.29) is 17.9 Å². The predicted octanol–water partition coefficient (Wildman–Crippen LogP) is 3.09. The molecule has 2 aromatic carbocycles. The molecule has 1 saturated heterocycles. The summed E-state index contributed by atoms with van der Waals surface area (Å²) in [5, 5.41) is 11.2. The maximum atomic E-state index is 12.1. The molecule has 0 saturated carbocycles. The largest absolute Gasteiger partial charge is 0.462 e. The van der Waals surface area contributed by atoms with Crippen molar-refractivity contribution >= 4 is 17.3 Å². The number of hydrogen-bond donors (Lipinski definition) is 0. The van der Waals surface area contributed by atoms with Crippen molar-refractivity contribution in [3.63, 3.8) is 0 Å². The molecule has 1 heterocycles. The molecule has 0 radical (unpaired) electrons. The smallest absolute Gasteiger partial charge is 0.345 e. The summed E-state index contributed by atoms with van der Waals surface area (Å²) in [5.74, 6) is -0.659. The Hall–Kier alpha value is -2.93. The number of benzene rings is 2. The summed E-state index contributed by atoms with van der Waals surface area (Å²) >= 11 is 0. The monoisotopic (exact) mass is 369 g/mol. The molecule has 2 aromatic rings. The van der Waals surface area contributed by atoms with Crippen molar-refractivity contribution in [3.05, 3.63) is 69.8 Å². The SMILES string of the molecule is CCOC(=O)c1cc(N2CCN(Cc3ccccc3)CC2)ccc1[N+](=O)[O-]. The molecule has 0 atom stereocenters. The van der Waals surface area contributed by atoms with Crippen molar-refractivity contribution in [2.45, 2.75) is 13.5 Å². The zero-order valence-corrected chi connectivity index (χ0v) is 15.3. The maximum absolute atomic E-state index is 12.1. The summed E-state index contributed by atoms with van der Waals surface area (Å²) in [6.45, 7) is 6.14. The van der Waals surface area contributed by atoms with Crippen LogP contribution < -0.4 is 4.90 Å². The highest BCUT2D eigenvalue weighted by atomic mass is 16.6. The maximum Gasteiger partial charge on any atom is 0.345 e. The first kappa shape index (κ1) is 18.8. The van der Waals surface area contributed by atoms with Crippen molar-refractivity contribution in [3.8, 4) is 0 Å². The van der Waals surface area contributed by atoms with Crippen LogP contribution >= 0.6 is 0 Å². The van der Waals surface area contributed by atoms with Gasteiger partial charge in [0.1, 0.15) is 5.56 Å². The fourth-order valence-electron chi connectivity index (χ4n) is 3.26. The Morgan fingerprint density at radius 2 is 1.81 bits per heavy atom. The first-order valence-electron chi connectivity index (χ1n) is 9.05. The van der Waals surface area contributed by atoms with Crippen molar-refractivity contribution in [2.75, 3.05) is 37.7 Å². The number of ether oxygens (including phenoxy) is 1. The van der Waals surface area contributed by atoms with Crippen LogP contribution in [0.5, 0.6) is 0 Å². The highest BCUT2D eigenvalue weighted by Gasteiger charge is 2.24. The van der Waals surface area contributed by atoms with Gasteiger partial charge in [-0.2, -0.15) is 0 Å². The number of anilines is 1. The van der Waals surface area contributed by atoms with E-state index in [1.165, 1.54) is 11.6 Å². The topological polar surface area (TPSA) is 75.9 Å². The first-order chi connectivity index (χ1) is 13.1. The lowest BCUT2D eigenvalue weighted by Gasteiger charge is -2.36. The lowest BCUT2D eigenvalue weighted by Crippen LogP contribution is -2.46. The van der Waals surface area contributed by atoms with Gasteiger partial charge in [-0.05, 0) is 24.6 Å². The van der Waals surface area contributed by atoms with Crippen LogP contribution in [0.25, 0.3) is 0 Å². The van der Waals surface area contributed by atoms with Gasteiger partial charge in [-0.3, -0.25) is 15.0 Å².